The minimum atomic E-state index is 0.137. The predicted octanol–water partition coefficient (Wildman–Crippen LogP) is 2.14. The van der Waals surface area contributed by atoms with E-state index in [0.29, 0.717) is 0 Å². The van der Waals surface area contributed by atoms with Crippen LogP contribution in [0.3, 0.4) is 0 Å². The van der Waals surface area contributed by atoms with E-state index < -0.39 is 0 Å². The minimum absolute atomic E-state index is 0.137. The molecule has 0 aliphatic carbocycles. The Morgan fingerprint density at radius 1 is 1.20 bits per heavy atom. The number of carbonyl (C=O) groups excluding carboxylic acids is 1. The smallest absolute Gasteiger partial charge is 0.272 e. The van der Waals surface area contributed by atoms with Gasteiger partial charge in [0, 0.05) is 32.7 Å². The van der Waals surface area contributed by atoms with E-state index in [0.717, 1.165) is 69.4 Å². The van der Waals surface area contributed by atoms with Gasteiger partial charge in [-0.15, -0.1) is 0 Å². The van der Waals surface area contributed by atoms with Crippen molar-refractivity contribution >= 4 is 5.91 Å². The molecule has 0 unspecified atom stereocenters. The van der Waals surface area contributed by atoms with Crippen molar-refractivity contribution in [2.75, 3.05) is 26.7 Å². The Bertz CT molecular complexity index is 765. The molecule has 6 heteroatoms. The maximum Gasteiger partial charge on any atom is 0.272 e. The lowest BCUT2D eigenvalue weighted by atomic mass is 10.2. The summed E-state index contributed by atoms with van der Waals surface area (Å²) in [5, 5.41) is 0. The van der Waals surface area contributed by atoms with Gasteiger partial charge < -0.3 is 14.2 Å². The van der Waals surface area contributed by atoms with E-state index in [1.54, 1.807) is 13.3 Å². The van der Waals surface area contributed by atoms with Crippen molar-refractivity contribution in [3.8, 4) is 5.75 Å². The summed E-state index contributed by atoms with van der Waals surface area (Å²) in [6.07, 6.45) is 3.98. The molecule has 6 nitrogen and oxygen atoms in total. The van der Waals surface area contributed by atoms with Crippen LogP contribution in [0.25, 0.3) is 0 Å². The second-order valence-corrected chi connectivity index (χ2v) is 6.77. The van der Waals surface area contributed by atoms with Crippen LogP contribution in [0.4, 0.5) is 0 Å². The van der Waals surface area contributed by atoms with Gasteiger partial charge >= 0.3 is 0 Å². The molecule has 1 saturated heterocycles. The first-order chi connectivity index (χ1) is 12.2. The van der Waals surface area contributed by atoms with E-state index >= 15 is 0 Å². The van der Waals surface area contributed by atoms with Crippen LogP contribution in [0.5, 0.6) is 5.75 Å². The third-order valence-electron chi connectivity index (χ3n) is 5.10. The van der Waals surface area contributed by atoms with Crippen LogP contribution in [0, 0.1) is 0 Å². The highest BCUT2D eigenvalue weighted by Crippen LogP contribution is 2.21. The molecule has 25 heavy (non-hydrogen) atoms. The molecular weight excluding hydrogens is 316 g/mol. The summed E-state index contributed by atoms with van der Waals surface area (Å²) in [4.78, 5) is 21.5. The molecule has 1 aromatic carbocycles. The number of nitrogens with zero attached hydrogens (tertiary/aromatic N) is 4. The molecule has 2 aliphatic rings. The van der Waals surface area contributed by atoms with Crippen LogP contribution < -0.4 is 4.74 Å². The van der Waals surface area contributed by atoms with Crippen molar-refractivity contribution < 1.29 is 9.53 Å². The van der Waals surface area contributed by atoms with Gasteiger partial charge in [-0.2, -0.15) is 0 Å². The Morgan fingerprint density at radius 3 is 2.84 bits per heavy atom. The van der Waals surface area contributed by atoms with Crippen molar-refractivity contribution in [1.29, 1.82) is 0 Å². The average Bonchev–Trinajstić information content (AvgIpc) is 3.31. The first-order valence-electron chi connectivity index (χ1n) is 8.93. The number of hydrogen-bond acceptors (Lipinski definition) is 4. The number of fused-ring (bicyclic) bond motifs is 1. The summed E-state index contributed by atoms with van der Waals surface area (Å²) in [5.74, 6) is 2.00. The van der Waals surface area contributed by atoms with Gasteiger partial charge in [0.1, 0.15) is 17.3 Å². The number of carbonyl (C=O) groups is 1. The molecule has 0 N–H and O–H groups in total. The van der Waals surface area contributed by atoms with Crippen molar-refractivity contribution in [3.63, 3.8) is 0 Å². The lowest BCUT2D eigenvalue weighted by Crippen LogP contribution is -2.36. The van der Waals surface area contributed by atoms with E-state index in [-0.39, 0.29) is 5.91 Å². The molecule has 1 amide bonds. The molecule has 2 aromatic rings. The fraction of sp³-hybridized carbons (Fsp3) is 0.474. The molecule has 3 heterocycles. The number of imidazole rings is 1. The zero-order valence-electron chi connectivity index (χ0n) is 14.6. The van der Waals surface area contributed by atoms with Crippen molar-refractivity contribution in [1.82, 2.24) is 19.4 Å². The quantitative estimate of drug-likeness (QED) is 0.856. The number of amides is 1. The van der Waals surface area contributed by atoms with Crippen LogP contribution in [0.2, 0.25) is 0 Å². The highest BCUT2D eigenvalue weighted by atomic mass is 16.5. The van der Waals surface area contributed by atoms with Crippen LogP contribution in [-0.4, -0.2) is 52.0 Å². The van der Waals surface area contributed by atoms with Gasteiger partial charge in [0.2, 0.25) is 0 Å². The van der Waals surface area contributed by atoms with Gasteiger partial charge in [-0.25, -0.2) is 4.98 Å². The van der Waals surface area contributed by atoms with Crippen LogP contribution >= 0.6 is 0 Å². The number of rotatable bonds is 4. The maximum atomic E-state index is 12.7. The van der Waals surface area contributed by atoms with Gasteiger partial charge in [-0.1, -0.05) is 12.1 Å². The molecule has 0 saturated carbocycles. The number of ether oxygens (including phenoxy) is 1. The predicted molar refractivity (Wildman–Crippen MR) is 94.5 cm³/mol. The fourth-order valence-electron chi connectivity index (χ4n) is 3.73. The van der Waals surface area contributed by atoms with E-state index in [2.05, 4.69) is 26.6 Å². The minimum Gasteiger partial charge on any atom is -0.497 e. The monoisotopic (exact) mass is 340 g/mol. The number of aromatic nitrogens is 2. The maximum absolute atomic E-state index is 12.7. The van der Waals surface area contributed by atoms with Crippen LogP contribution in [-0.2, 0) is 19.6 Å². The number of likely N-dealkylation sites (tertiary alicyclic amines) is 1. The van der Waals surface area contributed by atoms with Crippen LogP contribution in [0.15, 0.2) is 30.5 Å². The summed E-state index contributed by atoms with van der Waals surface area (Å²) in [7, 11) is 1.69. The highest BCUT2D eigenvalue weighted by Gasteiger charge is 2.27. The fourth-order valence-corrected chi connectivity index (χ4v) is 3.73. The summed E-state index contributed by atoms with van der Waals surface area (Å²) in [5.41, 5.74) is 1.98. The molecule has 4 rings (SSSR count). The molecule has 0 spiro atoms. The Balaban J connectivity index is 1.46. The Hall–Kier alpha value is -2.34. The van der Waals surface area contributed by atoms with E-state index in [4.69, 9.17) is 4.74 Å². The number of benzene rings is 1. The van der Waals surface area contributed by atoms with Gasteiger partial charge in [0.15, 0.2) is 0 Å². The van der Waals surface area contributed by atoms with Crippen LogP contribution in [0.1, 0.15) is 34.7 Å². The first-order valence-corrected chi connectivity index (χ1v) is 8.93. The van der Waals surface area contributed by atoms with Crippen molar-refractivity contribution in [2.45, 2.75) is 32.5 Å². The topological polar surface area (TPSA) is 50.6 Å². The average molecular weight is 340 g/mol. The second kappa shape index (κ2) is 6.88. The standard InChI is InChI=1S/C19H24N4O2/c1-25-16-6-4-5-15(11-16)13-21-9-10-23-17(12-20-18(23)14-21)19(24)22-7-2-3-8-22/h4-6,11-12H,2-3,7-10,13-14H2,1H3. The third kappa shape index (κ3) is 3.26. The Labute approximate surface area is 148 Å². The van der Waals surface area contributed by atoms with Crippen molar-refractivity contribution in [2.24, 2.45) is 0 Å². The number of hydrogen-bond donors (Lipinski definition) is 0. The van der Waals surface area contributed by atoms with Crippen molar-refractivity contribution in [3.05, 3.63) is 47.5 Å². The van der Waals surface area contributed by atoms with Gasteiger partial charge in [0.05, 0.1) is 19.9 Å². The van der Waals surface area contributed by atoms with Gasteiger partial charge in [-0.3, -0.25) is 9.69 Å². The third-order valence-corrected chi connectivity index (χ3v) is 5.10. The lowest BCUT2D eigenvalue weighted by molar-refractivity contribution is 0.0777. The molecule has 2 aliphatic heterocycles. The first kappa shape index (κ1) is 16.1. The zero-order chi connectivity index (χ0) is 17.2. The van der Waals surface area contributed by atoms with E-state index in [9.17, 15) is 4.79 Å². The van der Waals surface area contributed by atoms with E-state index in [1.807, 2.05) is 17.0 Å². The zero-order valence-corrected chi connectivity index (χ0v) is 14.6. The van der Waals surface area contributed by atoms with Gasteiger partial charge in [0.25, 0.3) is 5.91 Å². The largest absolute Gasteiger partial charge is 0.497 e. The normalized spacial score (nSPS) is 17.6. The van der Waals surface area contributed by atoms with E-state index in [1.165, 1.54) is 5.56 Å². The highest BCUT2D eigenvalue weighted by molar-refractivity contribution is 5.92. The molecule has 1 aromatic heterocycles. The Kier molecular flexibility index (Phi) is 4.44. The van der Waals surface area contributed by atoms with Gasteiger partial charge in [-0.05, 0) is 30.5 Å². The summed E-state index contributed by atoms with van der Waals surface area (Å²) < 4.78 is 7.40. The molecule has 0 radical (unpaired) electrons. The Morgan fingerprint density at radius 2 is 2.04 bits per heavy atom. The second-order valence-electron chi connectivity index (χ2n) is 6.77. The molecule has 0 atom stereocenters. The summed E-state index contributed by atoms with van der Waals surface area (Å²) >= 11 is 0. The lowest BCUT2D eigenvalue weighted by Gasteiger charge is -2.29. The SMILES string of the molecule is COc1cccc(CN2CCn3c(C(=O)N4CCCC4)cnc3C2)c1. The molecule has 0 bridgehead atoms. The number of methoxy groups -OCH3 is 1. The molecular formula is C19H24N4O2. The summed E-state index contributed by atoms with van der Waals surface area (Å²) in [6.45, 7) is 5.11. The molecule has 1 fully saturated rings. The molecule has 132 valence electrons. The summed E-state index contributed by atoms with van der Waals surface area (Å²) in [6, 6.07) is 8.17.